The molecule has 1 aromatic rings. The lowest BCUT2D eigenvalue weighted by atomic mass is 10.0. The Labute approximate surface area is 170 Å². The van der Waals surface area contributed by atoms with Gasteiger partial charge in [0.15, 0.2) is 0 Å². The molecule has 0 unspecified atom stereocenters. The maximum Gasteiger partial charge on any atom is 0.311 e. The molecule has 158 valence electrons. The summed E-state index contributed by atoms with van der Waals surface area (Å²) in [5.41, 5.74) is 0.535. The second kappa shape index (κ2) is 15.1. The zero-order chi connectivity index (χ0) is 20.6. The number of carbonyl (C=O) groups excluding carboxylic acids is 1. The molecule has 5 heteroatoms. The minimum atomic E-state index is -0.459. The van der Waals surface area contributed by atoms with Crippen molar-refractivity contribution in [2.75, 3.05) is 0 Å². The second-order valence-corrected chi connectivity index (χ2v) is 7.67. The number of unbranched alkanes of at least 4 members (excludes halogenated alkanes) is 12. The Hall–Kier alpha value is -1.91. The normalized spacial score (nSPS) is 10.8. The van der Waals surface area contributed by atoms with E-state index in [0.29, 0.717) is 12.0 Å². The monoisotopic (exact) mass is 391 g/mol. The molecule has 0 aliphatic carbocycles. The molecule has 0 amide bonds. The van der Waals surface area contributed by atoms with Crippen LogP contribution in [0.3, 0.4) is 0 Å². The van der Waals surface area contributed by atoms with Crippen LogP contribution in [0.2, 0.25) is 0 Å². The molecule has 1 rings (SSSR count). The number of nitro groups is 1. The molecular weight excluding hydrogens is 354 g/mol. The molecule has 0 bridgehead atoms. The highest BCUT2D eigenvalue weighted by atomic mass is 16.6. The van der Waals surface area contributed by atoms with Gasteiger partial charge in [-0.3, -0.25) is 14.9 Å². The number of nitrogens with zero attached hydrogens (tertiary/aromatic N) is 1. The molecule has 0 saturated heterocycles. The molecule has 0 saturated carbocycles. The standard InChI is InChI=1S/C23H37NO4/c1-3-4-5-6-7-8-9-10-11-12-13-14-15-16-23(25)28-21-18-17-20(2)22(19-21)24(26)27/h17-19H,3-16H2,1-2H3. The molecule has 0 atom stereocenters. The molecule has 0 spiro atoms. The minimum absolute atomic E-state index is 0.0220. The maximum atomic E-state index is 11.9. The van der Waals surface area contributed by atoms with Crippen molar-refractivity contribution in [2.45, 2.75) is 104 Å². The van der Waals surface area contributed by atoms with Crippen LogP contribution < -0.4 is 4.74 Å². The van der Waals surface area contributed by atoms with Crippen molar-refractivity contribution in [3.63, 3.8) is 0 Å². The summed E-state index contributed by atoms with van der Waals surface area (Å²) < 4.78 is 5.22. The number of aryl methyl sites for hydroxylation is 1. The summed E-state index contributed by atoms with van der Waals surface area (Å²) >= 11 is 0. The molecule has 0 fully saturated rings. The van der Waals surface area contributed by atoms with Gasteiger partial charge in [-0.25, -0.2) is 0 Å². The fourth-order valence-electron chi connectivity index (χ4n) is 3.32. The van der Waals surface area contributed by atoms with Gasteiger partial charge < -0.3 is 4.74 Å². The third-order valence-electron chi connectivity index (χ3n) is 5.09. The second-order valence-electron chi connectivity index (χ2n) is 7.67. The van der Waals surface area contributed by atoms with Gasteiger partial charge in [0, 0.05) is 12.0 Å². The average molecular weight is 392 g/mol. The van der Waals surface area contributed by atoms with Crippen molar-refractivity contribution >= 4 is 11.7 Å². The van der Waals surface area contributed by atoms with Gasteiger partial charge in [0.1, 0.15) is 5.75 Å². The van der Waals surface area contributed by atoms with Crippen molar-refractivity contribution in [1.29, 1.82) is 0 Å². The lowest BCUT2D eigenvalue weighted by Crippen LogP contribution is -2.08. The van der Waals surface area contributed by atoms with Crippen LogP contribution in [0.25, 0.3) is 0 Å². The number of nitro benzene ring substituents is 1. The molecule has 5 nitrogen and oxygen atoms in total. The molecule has 0 aromatic heterocycles. The zero-order valence-corrected chi connectivity index (χ0v) is 17.7. The number of hydrogen-bond acceptors (Lipinski definition) is 4. The van der Waals surface area contributed by atoms with Crippen LogP contribution in [0.15, 0.2) is 18.2 Å². The van der Waals surface area contributed by atoms with Crippen LogP contribution in [0.4, 0.5) is 5.69 Å². The Balaban J connectivity index is 2.01. The smallest absolute Gasteiger partial charge is 0.311 e. The number of rotatable bonds is 16. The molecule has 0 aliphatic rings. The fourth-order valence-corrected chi connectivity index (χ4v) is 3.32. The van der Waals surface area contributed by atoms with Crippen LogP contribution in [0.1, 0.15) is 102 Å². The Kier molecular flexibility index (Phi) is 13.0. The summed E-state index contributed by atoms with van der Waals surface area (Å²) in [5.74, 6) is -0.0711. The van der Waals surface area contributed by atoms with E-state index in [2.05, 4.69) is 6.92 Å². The molecule has 0 aliphatic heterocycles. The summed E-state index contributed by atoms with van der Waals surface area (Å²) in [7, 11) is 0. The summed E-state index contributed by atoms with van der Waals surface area (Å²) in [6.07, 6.45) is 16.7. The van der Waals surface area contributed by atoms with Gasteiger partial charge in [-0.1, -0.05) is 84.0 Å². The van der Waals surface area contributed by atoms with Crippen molar-refractivity contribution in [3.05, 3.63) is 33.9 Å². The lowest BCUT2D eigenvalue weighted by Gasteiger charge is -2.06. The van der Waals surface area contributed by atoms with Crippen molar-refractivity contribution in [1.82, 2.24) is 0 Å². The SMILES string of the molecule is CCCCCCCCCCCCCCCC(=O)Oc1ccc(C)c([N+](=O)[O-])c1. The highest BCUT2D eigenvalue weighted by molar-refractivity contribution is 5.72. The summed E-state index contributed by atoms with van der Waals surface area (Å²) in [6, 6.07) is 4.52. The average Bonchev–Trinajstić information content (AvgIpc) is 2.66. The first-order chi connectivity index (χ1) is 13.5. The Bertz CT molecular complexity index is 586. The van der Waals surface area contributed by atoms with Crippen LogP contribution >= 0.6 is 0 Å². The Morgan fingerprint density at radius 1 is 0.893 bits per heavy atom. The van der Waals surface area contributed by atoms with Gasteiger partial charge in [0.25, 0.3) is 5.69 Å². The molecular formula is C23H37NO4. The van der Waals surface area contributed by atoms with Crippen LogP contribution in [0, 0.1) is 17.0 Å². The lowest BCUT2D eigenvalue weighted by molar-refractivity contribution is -0.385. The highest BCUT2D eigenvalue weighted by Crippen LogP contribution is 2.24. The number of hydrogen-bond donors (Lipinski definition) is 0. The summed E-state index contributed by atoms with van der Waals surface area (Å²) in [6.45, 7) is 3.92. The van der Waals surface area contributed by atoms with Crippen molar-refractivity contribution < 1.29 is 14.5 Å². The van der Waals surface area contributed by atoms with Crippen molar-refractivity contribution in [2.24, 2.45) is 0 Å². The Morgan fingerprint density at radius 3 is 1.89 bits per heavy atom. The zero-order valence-electron chi connectivity index (χ0n) is 17.7. The summed E-state index contributed by atoms with van der Waals surface area (Å²) in [4.78, 5) is 22.4. The van der Waals surface area contributed by atoms with E-state index in [1.807, 2.05) is 0 Å². The fraction of sp³-hybridized carbons (Fsp3) is 0.696. The Morgan fingerprint density at radius 2 is 1.39 bits per heavy atom. The van der Waals surface area contributed by atoms with Gasteiger partial charge in [-0.05, 0) is 25.5 Å². The van der Waals surface area contributed by atoms with E-state index in [1.54, 1.807) is 19.1 Å². The molecule has 0 N–H and O–H groups in total. The van der Waals surface area contributed by atoms with E-state index < -0.39 is 4.92 Å². The quantitative estimate of drug-likeness (QED) is 0.0975. The number of ether oxygens (including phenoxy) is 1. The van der Waals surface area contributed by atoms with Crippen LogP contribution in [-0.4, -0.2) is 10.9 Å². The van der Waals surface area contributed by atoms with E-state index in [9.17, 15) is 14.9 Å². The van der Waals surface area contributed by atoms with E-state index >= 15 is 0 Å². The predicted molar refractivity (Wildman–Crippen MR) is 114 cm³/mol. The molecule has 0 heterocycles. The predicted octanol–water partition coefficient (Wildman–Crippen LogP) is 7.29. The summed E-state index contributed by atoms with van der Waals surface area (Å²) in [5, 5.41) is 10.9. The first kappa shape index (κ1) is 24.1. The minimum Gasteiger partial charge on any atom is -0.426 e. The molecule has 28 heavy (non-hydrogen) atoms. The number of carbonyl (C=O) groups is 1. The maximum absolute atomic E-state index is 11.9. The third kappa shape index (κ3) is 11.1. The first-order valence-corrected chi connectivity index (χ1v) is 11.0. The van der Waals surface area contributed by atoms with E-state index in [-0.39, 0.29) is 17.4 Å². The number of esters is 1. The van der Waals surface area contributed by atoms with Gasteiger partial charge in [0.2, 0.25) is 0 Å². The highest BCUT2D eigenvalue weighted by Gasteiger charge is 2.13. The van der Waals surface area contributed by atoms with Crippen LogP contribution in [0.5, 0.6) is 5.75 Å². The number of benzene rings is 1. The van der Waals surface area contributed by atoms with E-state index in [0.717, 1.165) is 19.3 Å². The largest absolute Gasteiger partial charge is 0.426 e. The van der Waals surface area contributed by atoms with Gasteiger partial charge in [-0.2, -0.15) is 0 Å². The van der Waals surface area contributed by atoms with E-state index in [4.69, 9.17) is 4.74 Å². The third-order valence-corrected chi connectivity index (χ3v) is 5.09. The topological polar surface area (TPSA) is 69.4 Å². The van der Waals surface area contributed by atoms with Gasteiger partial charge in [-0.15, -0.1) is 0 Å². The van der Waals surface area contributed by atoms with Crippen molar-refractivity contribution in [3.8, 4) is 5.75 Å². The molecule has 1 aromatic carbocycles. The molecule has 0 radical (unpaired) electrons. The van der Waals surface area contributed by atoms with Gasteiger partial charge in [0.05, 0.1) is 11.0 Å². The van der Waals surface area contributed by atoms with Crippen LogP contribution in [-0.2, 0) is 4.79 Å². The van der Waals surface area contributed by atoms with E-state index in [1.165, 1.54) is 70.3 Å². The van der Waals surface area contributed by atoms with Gasteiger partial charge >= 0.3 is 5.97 Å². The first-order valence-electron chi connectivity index (χ1n) is 11.0.